The summed E-state index contributed by atoms with van der Waals surface area (Å²) in [6.07, 6.45) is 5.87. The molecule has 0 radical (unpaired) electrons. The molecule has 0 bridgehead atoms. The first kappa shape index (κ1) is 34.7. The van der Waals surface area contributed by atoms with E-state index in [1.165, 1.54) is 17.8 Å². The standard InChI is InChI=1S/C41H39ClN4O4S/c1-23-20-32-37(35(24-10-14-29(42)15-11-24)34(23)36(40(48)49)50-41(2,3)4)51-39(45-32)28-18-19-43-31(22-28)27-12-16-30-26(21-27)13-17-33(44-30)46-38(47)25-8-6-5-7-9-25/h10-22,25,36H,5-9H2,1-4H3,(H,48,49)(H,44,46,47). The van der Waals surface area contributed by atoms with Crippen molar-refractivity contribution in [3.05, 3.63) is 95.1 Å². The zero-order valence-corrected chi connectivity index (χ0v) is 30.6. The number of nitrogens with one attached hydrogen (secondary N) is 1. The van der Waals surface area contributed by atoms with Crippen LogP contribution < -0.4 is 5.32 Å². The zero-order chi connectivity index (χ0) is 35.9. The molecular formula is C41H39ClN4O4S. The van der Waals surface area contributed by atoms with Crippen molar-refractivity contribution >= 4 is 61.8 Å². The van der Waals surface area contributed by atoms with Gasteiger partial charge in [0.05, 0.1) is 27.0 Å². The van der Waals surface area contributed by atoms with Crippen LogP contribution >= 0.6 is 22.9 Å². The molecule has 1 aliphatic rings. The SMILES string of the molecule is Cc1cc2nc(-c3ccnc(-c4ccc5nc(NC(=O)C6CCCCC6)ccc5c4)c3)sc2c(-c2ccc(Cl)cc2)c1C(OC(C)(C)C)C(=O)O. The summed E-state index contributed by atoms with van der Waals surface area (Å²) in [6, 6.07) is 23.1. The summed E-state index contributed by atoms with van der Waals surface area (Å²) in [5.74, 6) is -0.373. The molecular weight excluding hydrogens is 680 g/mol. The van der Waals surface area contributed by atoms with Gasteiger partial charge in [-0.15, -0.1) is 11.3 Å². The monoisotopic (exact) mass is 718 g/mol. The second-order valence-electron chi connectivity index (χ2n) is 14.2. The van der Waals surface area contributed by atoms with Gasteiger partial charge < -0.3 is 15.2 Å². The molecule has 3 heterocycles. The molecule has 3 aromatic carbocycles. The first-order valence-electron chi connectivity index (χ1n) is 17.2. The Balaban J connectivity index is 1.25. The topological polar surface area (TPSA) is 114 Å². The summed E-state index contributed by atoms with van der Waals surface area (Å²) in [4.78, 5) is 40.0. The normalized spacial score (nSPS) is 14.5. The fourth-order valence-electron chi connectivity index (χ4n) is 6.83. The van der Waals surface area contributed by atoms with Gasteiger partial charge in [-0.25, -0.2) is 14.8 Å². The number of aromatic nitrogens is 3. The van der Waals surface area contributed by atoms with E-state index in [4.69, 9.17) is 26.3 Å². The molecule has 2 N–H and O–H groups in total. The third kappa shape index (κ3) is 7.52. The Hall–Kier alpha value is -4.70. The molecule has 6 aromatic rings. The van der Waals surface area contributed by atoms with Gasteiger partial charge in [0.1, 0.15) is 10.8 Å². The number of ether oxygens (including phenoxy) is 1. The van der Waals surface area contributed by atoms with Crippen LogP contribution in [-0.2, 0) is 14.3 Å². The number of fused-ring (bicyclic) bond motifs is 2. The van der Waals surface area contributed by atoms with Crippen LogP contribution in [0.4, 0.5) is 5.82 Å². The maximum absolute atomic E-state index is 12.8. The number of carbonyl (C=O) groups excluding carboxylic acids is 1. The van der Waals surface area contributed by atoms with E-state index >= 15 is 0 Å². The lowest BCUT2D eigenvalue weighted by Crippen LogP contribution is -2.28. The Bertz CT molecular complexity index is 2270. The molecule has 8 nitrogen and oxygen atoms in total. The van der Waals surface area contributed by atoms with Crippen LogP contribution in [-0.4, -0.2) is 37.5 Å². The van der Waals surface area contributed by atoms with Gasteiger partial charge in [0, 0.05) is 44.8 Å². The van der Waals surface area contributed by atoms with Gasteiger partial charge in [-0.05, 0) is 106 Å². The number of aliphatic carboxylic acids is 1. The van der Waals surface area contributed by atoms with Crippen LogP contribution in [0, 0.1) is 12.8 Å². The summed E-state index contributed by atoms with van der Waals surface area (Å²) < 4.78 is 7.02. The Morgan fingerprint density at radius 2 is 1.65 bits per heavy atom. The van der Waals surface area contributed by atoms with Crippen LogP contribution in [0.15, 0.2) is 79.0 Å². The number of carbonyl (C=O) groups is 2. The first-order chi connectivity index (χ1) is 24.4. The van der Waals surface area contributed by atoms with Crippen molar-refractivity contribution in [2.24, 2.45) is 5.92 Å². The second kappa shape index (κ2) is 14.1. The summed E-state index contributed by atoms with van der Waals surface area (Å²) in [5.41, 5.74) is 6.43. The quantitative estimate of drug-likeness (QED) is 0.161. The number of hydrogen-bond acceptors (Lipinski definition) is 7. The average molecular weight is 719 g/mol. The minimum atomic E-state index is -1.19. The zero-order valence-electron chi connectivity index (χ0n) is 29.0. The highest BCUT2D eigenvalue weighted by Crippen LogP contribution is 2.44. The molecule has 3 aromatic heterocycles. The third-order valence-corrected chi connectivity index (χ3v) is 10.6. The predicted octanol–water partition coefficient (Wildman–Crippen LogP) is 10.7. The molecule has 0 saturated heterocycles. The van der Waals surface area contributed by atoms with E-state index in [9.17, 15) is 14.7 Å². The van der Waals surface area contributed by atoms with Crippen molar-refractivity contribution in [3.8, 4) is 33.0 Å². The number of carboxylic acid groups (broad SMARTS) is 1. The lowest BCUT2D eigenvalue weighted by atomic mass is 9.89. The Kier molecular flexibility index (Phi) is 9.63. The third-order valence-electron chi connectivity index (χ3n) is 9.24. The lowest BCUT2D eigenvalue weighted by Gasteiger charge is -2.28. The van der Waals surface area contributed by atoms with Gasteiger partial charge in [0.15, 0.2) is 6.10 Å². The number of amides is 1. The van der Waals surface area contributed by atoms with E-state index < -0.39 is 17.7 Å². The number of aryl methyl sites for hydroxylation is 1. The fraction of sp³-hybridized carbons (Fsp3) is 0.293. The molecule has 10 heteroatoms. The van der Waals surface area contributed by atoms with Crippen LogP contribution in [0.2, 0.25) is 5.02 Å². The molecule has 260 valence electrons. The van der Waals surface area contributed by atoms with Crippen molar-refractivity contribution < 1.29 is 19.4 Å². The van der Waals surface area contributed by atoms with Gasteiger partial charge in [-0.1, -0.05) is 49.1 Å². The molecule has 1 fully saturated rings. The molecule has 1 unspecified atom stereocenters. The first-order valence-corrected chi connectivity index (χ1v) is 18.4. The molecule has 0 spiro atoms. The van der Waals surface area contributed by atoms with Crippen molar-refractivity contribution in [1.82, 2.24) is 15.0 Å². The number of hydrogen-bond donors (Lipinski definition) is 2. The second-order valence-corrected chi connectivity index (χ2v) is 15.6. The van der Waals surface area contributed by atoms with Gasteiger partial charge >= 0.3 is 5.97 Å². The number of pyridine rings is 2. The highest BCUT2D eigenvalue weighted by atomic mass is 35.5. The van der Waals surface area contributed by atoms with E-state index in [1.54, 1.807) is 18.3 Å². The van der Waals surface area contributed by atoms with Crippen LogP contribution in [0.5, 0.6) is 0 Å². The number of carboxylic acids is 1. The van der Waals surface area contributed by atoms with Gasteiger partial charge in [0.25, 0.3) is 0 Å². The summed E-state index contributed by atoms with van der Waals surface area (Å²) in [5, 5.41) is 15.7. The molecule has 1 amide bonds. The number of thiazole rings is 1. The number of rotatable bonds is 8. The Morgan fingerprint density at radius 3 is 2.37 bits per heavy atom. The summed E-state index contributed by atoms with van der Waals surface area (Å²) in [6.45, 7) is 7.46. The van der Waals surface area contributed by atoms with E-state index in [2.05, 4.69) is 16.4 Å². The van der Waals surface area contributed by atoms with Crippen molar-refractivity contribution in [2.75, 3.05) is 5.32 Å². The Morgan fingerprint density at radius 1 is 0.902 bits per heavy atom. The van der Waals surface area contributed by atoms with Crippen LogP contribution in [0.25, 0.3) is 54.1 Å². The molecule has 1 atom stereocenters. The van der Waals surface area contributed by atoms with Crippen molar-refractivity contribution in [2.45, 2.75) is 71.5 Å². The number of benzene rings is 3. The number of anilines is 1. The lowest BCUT2D eigenvalue weighted by molar-refractivity contribution is -0.160. The number of nitrogens with zero attached hydrogens (tertiary/aromatic N) is 3. The predicted molar refractivity (Wildman–Crippen MR) is 205 cm³/mol. The van der Waals surface area contributed by atoms with E-state index in [1.807, 2.05) is 82.3 Å². The molecule has 1 aliphatic carbocycles. The minimum Gasteiger partial charge on any atom is -0.479 e. The van der Waals surface area contributed by atoms with Gasteiger partial charge in [-0.2, -0.15) is 0 Å². The van der Waals surface area contributed by atoms with Gasteiger partial charge in [0.2, 0.25) is 5.91 Å². The maximum Gasteiger partial charge on any atom is 0.337 e. The summed E-state index contributed by atoms with van der Waals surface area (Å²) in [7, 11) is 0. The molecule has 0 aliphatic heterocycles. The van der Waals surface area contributed by atoms with Crippen molar-refractivity contribution in [3.63, 3.8) is 0 Å². The highest BCUT2D eigenvalue weighted by Gasteiger charge is 2.32. The largest absolute Gasteiger partial charge is 0.479 e. The van der Waals surface area contributed by atoms with Crippen LogP contribution in [0.1, 0.15) is 70.1 Å². The molecule has 1 saturated carbocycles. The maximum atomic E-state index is 12.8. The Labute approximate surface area is 305 Å². The summed E-state index contributed by atoms with van der Waals surface area (Å²) >= 11 is 7.77. The molecule has 7 rings (SSSR count). The van der Waals surface area contributed by atoms with Crippen molar-refractivity contribution in [1.29, 1.82) is 0 Å². The van der Waals surface area contributed by atoms with E-state index in [-0.39, 0.29) is 11.8 Å². The average Bonchev–Trinajstić information content (AvgIpc) is 3.54. The molecule has 51 heavy (non-hydrogen) atoms. The fourth-order valence-corrected chi connectivity index (χ4v) is 8.08. The smallest absolute Gasteiger partial charge is 0.337 e. The number of halogens is 1. The highest BCUT2D eigenvalue weighted by molar-refractivity contribution is 7.22. The van der Waals surface area contributed by atoms with Crippen LogP contribution in [0.3, 0.4) is 0 Å². The van der Waals surface area contributed by atoms with E-state index in [0.29, 0.717) is 16.4 Å². The minimum absolute atomic E-state index is 0.0562. The van der Waals surface area contributed by atoms with Gasteiger partial charge in [-0.3, -0.25) is 9.78 Å². The van der Waals surface area contributed by atoms with E-state index in [0.717, 1.165) is 85.3 Å².